The highest BCUT2D eigenvalue weighted by Crippen LogP contribution is 2.30. The molecule has 6 nitrogen and oxygen atoms in total. The molecule has 0 heterocycles. The van der Waals surface area contributed by atoms with Crippen LogP contribution in [-0.2, 0) is 26.3 Å². The molecule has 0 aliphatic heterocycles. The summed E-state index contributed by atoms with van der Waals surface area (Å²) in [6.07, 6.45) is -1.16. The molecule has 0 spiro atoms. The average molecular weight is 397 g/mol. The molecule has 0 aliphatic carbocycles. The smallest absolute Gasteiger partial charge is 0.339 e. The fraction of sp³-hybridized carbons (Fsp3) is 0.0952. The van der Waals surface area contributed by atoms with Gasteiger partial charge in [0.25, 0.3) is 5.91 Å². The van der Waals surface area contributed by atoms with Crippen molar-refractivity contribution < 1.29 is 22.1 Å². The molecule has 3 aromatic carbocycles. The lowest BCUT2D eigenvalue weighted by molar-refractivity contribution is -0.130. The van der Waals surface area contributed by atoms with Crippen LogP contribution in [0.3, 0.4) is 0 Å². The van der Waals surface area contributed by atoms with Gasteiger partial charge in [-0.1, -0.05) is 66.7 Å². The van der Waals surface area contributed by atoms with Gasteiger partial charge in [0, 0.05) is 5.56 Å². The van der Waals surface area contributed by atoms with Gasteiger partial charge in [-0.05, 0) is 23.8 Å². The molecule has 0 radical (unpaired) electrons. The summed E-state index contributed by atoms with van der Waals surface area (Å²) in [4.78, 5) is 12.0. The maximum atomic E-state index is 12.5. The minimum absolute atomic E-state index is 0.00521. The van der Waals surface area contributed by atoms with Crippen molar-refractivity contribution >= 4 is 16.0 Å². The van der Waals surface area contributed by atoms with E-state index in [1.54, 1.807) is 36.4 Å². The lowest BCUT2D eigenvalue weighted by atomic mass is 10.1. The van der Waals surface area contributed by atoms with Gasteiger partial charge in [-0.25, -0.2) is 0 Å². The highest BCUT2D eigenvalue weighted by Gasteiger charge is 2.26. The summed E-state index contributed by atoms with van der Waals surface area (Å²) >= 11 is 0. The number of hydrogen-bond acceptors (Lipinski definition) is 5. The van der Waals surface area contributed by atoms with E-state index >= 15 is 0 Å². The molecule has 1 amide bonds. The quantitative estimate of drug-likeness (QED) is 0.589. The van der Waals surface area contributed by atoms with Crippen LogP contribution >= 0.6 is 0 Å². The molecule has 144 valence electrons. The summed E-state index contributed by atoms with van der Waals surface area (Å²) < 4.78 is 36.1. The van der Waals surface area contributed by atoms with Crippen molar-refractivity contribution in [2.45, 2.75) is 17.6 Å². The fourth-order valence-corrected chi connectivity index (χ4v) is 3.58. The number of benzene rings is 3. The van der Waals surface area contributed by atoms with Gasteiger partial charge in [0.05, 0.1) is 6.61 Å². The van der Waals surface area contributed by atoms with E-state index in [9.17, 15) is 13.2 Å². The molecule has 0 bridgehead atoms. The Balaban J connectivity index is 1.87. The van der Waals surface area contributed by atoms with Crippen molar-refractivity contribution in [1.82, 2.24) is 0 Å². The molecule has 0 aromatic heterocycles. The van der Waals surface area contributed by atoms with Gasteiger partial charge in [0.15, 0.2) is 6.10 Å². The summed E-state index contributed by atoms with van der Waals surface area (Å²) in [7, 11) is -4.07. The van der Waals surface area contributed by atoms with Crippen molar-refractivity contribution in [1.29, 1.82) is 0 Å². The van der Waals surface area contributed by atoms with Crippen LogP contribution in [0.2, 0.25) is 0 Å². The Labute approximate surface area is 163 Å². The maximum absolute atomic E-state index is 12.5. The van der Waals surface area contributed by atoms with Gasteiger partial charge in [-0.15, -0.1) is 0 Å². The van der Waals surface area contributed by atoms with Gasteiger partial charge < -0.3 is 14.7 Å². The number of ether oxygens (including phenoxy) is 1. The van der Waals surface area contributed by atoms with Crippen molar-refractivity contribution in [3.05, 3.63) is 96.1 Å². The van der Waals surface area contributed by atoms with E-state index in [-0.39, 0.29) is 22.8 Å². The first-order valence-corrected chi connectivity index (χ1v) is 9.91. The summed E-state index contributed by atoms with van der Waals surface area (Å²) in [5, 5.41) is 0. The zero-order chi connectivity index (χ0) is 20.0. The first-order chi connectivity index (χ1) is 13.5. The number of primary amides is 1. The summed E-state index contributed by atoms with van der Waals surface area (Å²) in [6, 6.07) is 23.3. The summed E-state index contributed by atoms with van der Waals surface area (Å²) in [5.74, 6) is -0.757. The van der Waals surface area contributed by atoms with Crippen LogP contribution in [0.25, 0.3) is 0 Å². The number of para-hydroxylation sites is 1. The fourth-order valence-electron chi connectivity index (χ4n) is 2.61. The molecule has 1 unspecified atom stereocenters. The van der Waals surface area contributed by atoms with E-state index < -0.39 is 22.1 Å². The largest absolute Gasteiger partial charge is 0.379 e. The standard InChI is InChI=1S/C21H19NO5S/c22-21(23)20(26-15-16-9-3-1-4-10-16)18-13-7-8-14-19(18)27-28(24,25)17-11-5-2-6-12-17/h1-14,20H,15H2,(H2,22,23). The van der Waals surface area contributed by atoms with E-state index in [1.165, 1.54) is 18.2 Å². The second-order valence-corrected chi connectivity index (χ2v) is 7.51. The number of carbonyl (C=O) groups is 1. The monoisotopic (exact) mass is 397 g/mol. The summed E-state index contributed by atoms with van der Waals surface area (Å²) in [6.45, 7) is 0.133. The highest BCUT2D eigenvalue weighted by atomic mass is 32.2. The molecule has 3 rings (SSSR count). The van der Waals surface area contributed by atoms with Crippen LogP contribution < -0.4 is 9.92 Å². The van der Waals surface area contributed by atoms with Crippen LogP contribution in [-0.4, -0.2) is 14.3 Å². The molecule has 2 N–H and O–H groups in total. The van der Waals surface area contributed by atoms with E-state index in [0.29, 0.717) is 0 Å². The average Bonchev–Trinajstić information content (AvgIpc) is 2.70. The molecule has 0 saturated heterocycles. The highest BCUT2D eigenvalue weighted by molar-refractivity contribution is 7.87. The third-order valence-electron chi connectivity index (χ3n) is 3.95. The molecule has 0 saturated carbocycles. The van der Waals surface area contributed by atoms with E-state index in [2.05, 4.69) is 0 Å². The van der Waals surface area contributed by atoms with Crippen molar-refractivity contribution in [2.75, 3.05) is 0 Å². The Morgan fingerprint density at radius 2 is 1.43 bits per heavy atom. The third-order valence-corrected chi connectivity index (χ3v) is 5.20. The Bertz CT molecular complexity index is 1040. The zero-order valence-corrected chi connectivity index (χ0v) is 15.7. The van der Waals surface area contributed by atoms with Crippen LogP contribution in [0, 0.1) is 0 Å². The van der Waals surface area contributed by atoms with Gasteiger partial charge in [-0.3, -0.25) is 4.79 Å². The minimum atomic E-state index is -4.07. The zero-order valence-electron chi connectivity index (χ0n) is 14.9. The van der Waals surface area contributed by atoms with Crippen molar-refractivity contribution in [2.24, 2.45) is 5.73 Å². The molecule has 28 heavy (non-hydrogen) atoms. The van der Waals surface area contributed by atoms with Crippen LogP contribution in [0.4, 0.5) is 0 Å². The molecule has 0 aliphatic rings. The molecule has 0 fully saturated rings. The topological polar surface area (TPSA) is 95.7 Å². The SMILES string of the molecule is NC(=O)C(OCc1ccccc1)c1ccccc1OS(=O)(=O)c1ccccc1. The Hall–Kier alpha value is -3.16. The van der Waals surface area contributed by atoms with Crippen LogP contribution in [0.5, 0.6) is 5.75 Å². The van der Waals surface area contributed by atoms with E-state index in [4.69, 9.17) is 14.7 Å². The minimum Gasteiger partial charge on any atom is -0.379 e. The van der Waals surface area contributed by atoms with E-state index in [1.807, 2.05) is 30.3 Å². The summed E-state index contributed by atoms with van der Waals surface area (Å²) in [5.41, 5.74) is 6.60. The number of nitrogens with two attached hydrogens (primary N) is 1. The molecular formula is C21H19NO5S. The lowest BCUT2D eigenvalue weighted by Crippen LogP contribution is -2.25. The second-order valence-electron chi connectivity index (χ2n) is 5.97. The Morgan fingerprint density at radius 3 is 2.07 bits per heavy atom. The molecule has 7 heteroatoms. The molecule has 1 atom stereocenters. The van der Waals surface area contributed by atoms with Crippen LogP contribution in [0.1, 0.15) is 17.2 Å². The number of amides is 1. The number of rotatable bonds is 8. The Morgan fingerprint density at radius 1 is 0.857 bits per heavy atom. The van der Waals surface area contributed by atoms with Gasteiger partial charge in [0.2, 0.25) is 0 Å². The predicted octanol–water partition coefficient (Wildman–Crippen LogP) is 3.20. The van der Waals surface area contributed by atoms with Crippen LogP contribution in [0.15, 0.2) is 89.8 Å². The van der Waals surface area contributed by atoms with Crippen molar-refractivity contribution in [3.8, 4) is 5.75 Å². The Kier molecular flexibility index (Phi) is 6.08. The third kappa shape index (κ3) is 4.76. The van der Waals surface area contributed by atoms with E-state index in [0.717, 1.165) is 5.56 Å². The number of hydrogen-bond donors (Lipinski definition) is 1. The van der Waals surface area contributed by atoms with Crippen molar-refractivity contribution in [3.63, 3.8) is 0 Å². The van der Waals surface area contributed by atoms with Gasteiger partial charge in [-0.2, -0.15) is 8.42 Å². The van der Waals surface area contributed by atoms with Gasteiger partial charge in [0.1, 0.15) is 10.6 Å². The van der Waals surface area contributed by atoms with Gasteiger partial charge >= 0.3 is 10.1 Å². The predicted molar refractivity (Wildman–Crippen MR) is 104 cm³/mol. The maximum Gasteiger partial charge on any atom is 0.339 e. The molecular weight excluding hydrogens is 378 g/mol. The second kappa shape index (κ2) is 8.69. The lowest BCUT2D eigenvalue weighted by Gasteiger charge is -2.18. The first-order valence-electron chi connectivity index (χ1n) is 8.51. The number of carbonyl (C=O) groups excluding carboxylic acids is 1. The normalized spacial score (nSPS) is 12.3. The molecule has 3 aromatic rings. The first kappa shape index (κ1) is 19.6.